The molecule has 0 saturated heterocycles. The summed E-state index contributed by atoms with van der Waals surface area (Å²) in [7, 11) is 5.95. The van der Waals surface area contributed by atoms with Crippen LogP contribution in [0.3, 0.4) is 0 Å². The first-order chi connectivity index (χ1) is 41.6. The monoisotopic (exact) mass is 1180 g/mol. The van der Waals surface area contributed by atoms with E-state index < -0.39 is 24.3 Å². The van der Waals surface area contributed by atoms with Crippen LogP contribution in [0.25, 0.3) is 0 Å². The molecule has 2 unspecified atom stereocenters. The van der Waals surface area contributed by atoms with E-state index in [0.717, 1.165) is 122 Å². The van der Waals surface area contributed by atoms with E-state index in [9.17, 15) is 19.5 Å². The number of carboxylic acid groups (broad SMARTS) is 1. The fraction of sp³-hybridized carbons (Fsp3) is 0.592. The van der Waals surface area contributed by atoms with Crippen LogP contribution in [0, 0.1) is 0 Å². The van der Waals surface area contributed by atoms with Crippen LogP contribution in [0.4, 0.5) is 0 Å². The Kier molecular flexibility index (Phi) is 60.6. The van der Waals surface area contributed by atoms with Crippen molar-refractivity contribution >= 4 is 17.9 Å². The van der Waals surface area contributed by atoms with E-state index in [-0.39, 0.29) is 38.6 Å². The van der Waals surface area contributed by atoms with Gasteiger partial charge in [-0.25, -0.2) is 4.79 Å². The fourth-order valence-corrected chi connectivity index (χ4v) is 8.44. The van der Waals surface area contributed by atoms with Crippen molar-refractivity contribution in [2.24, 2.45) is 0 Å². The maximum atomic E-state index is 12.9. The third-order valence-corrected chi connectivity index (χ3v) is 13.5. The minimum Gasteiger partial charge on any atom is -0.477 e. The Morgan fingerprint density at radius 3 is 0.965 bits per heavy atom. The standard InChI is InChI=1S/C76H121NO8/c1-6-8-10-12-14-16-18-20-22-24-26-28-30-32-34-35-36-37-38-39-41-42-44-46-48-50-52-54-56-58-60-62-64-66-73(78)83-70-72(71-84-76(75(80)81)82-69-68-77(3,4)5)85-74(79)67-65-63-61-59-57-55-53-51-49-47-45-43-40-33-31-29-27-25-23-21-19-17-15-13-11-9-7-2/h8-11,14-17,20-23,26-29,32-34,36-37,40,45,47,51,53,57,59,72,76H,6-7,12-13,18-19,24-25,30-31,35,38-39,41-44,46,48-50,52,54-56,58,60-71H2,1-5H3/p+1/b10-8-,11-9-,16-14-,17-15-,22-20-,23-21-,28-26-,29-27-,34-32-,37-36-,40-33-,47-45-,53-51-,59-57-. The number of carboxylic acids is 1. The molecule has 0 fully saturated rings. The number of quaternary nitrogens is 1. The van der Waals surface area contributed by atoms with Crippen molar-refractivity contribution in [3.8, 4) is 0 Å². The second kappa shape index (κ2) is 64.6. The molecule has 9 heteroatoms. The van der Waals surface area contributed by atoms with Gasteiger partial charge in [-0.1, -0.05) is 261 Å². The first-order valence-corrected chi connectivity index (χ1v) is 33.3. The summed E-state index contributed by atoms with van der Waals surface area (Å²) in [5, 5.41) is 9.73. The summed E-state index contributed by atoms with van der Waals surface area (Å²) >= 11 is 0. The molecule has 0 heterocycles. The average Bonchev–Trinajstić information content (AvgIpc) is 3.48. The van der Waals surface area contributed by atoms with E-state index in [0.29, 0.717) is 17.4 Å². The lowest BCUT2D eigenvalue weighted by molar-refractivity contribution is -0.870. The SMILES string of the molecule is CC/C=C\C/C=C\C/C=C\C/C=C\C/C=C\C/C=C\C/C=C\C/C=C\CCCCC(=O)OC(COC(=O)CCCCCCCCCCCCCCCC/C=C\C/C=C\C/C=C\C/C=C\C/C=C\C/C=C\CC)COC(OCC[N+](C)(C)C)C(=O)O. The largest absolute Gasteiger partial charge is 0.477 e. The molecular weight excluding hydrogens is 1050 g/mol. The summed E-state index contributed by atoms with van der Waals surface area (Å²) in [4.78, 5) is 37.6. The molecule has 1 N–H and O–H groups in total. The van der Waals surface area contributed by atoms with Crippen molar-refractivity contribution in [1.82, 2.24) is 0 Å². The van der Waals surface area contributed by atoms with Crippen LogP contribution in [0.1, 0.15) is 232 Å². The van der Waals surface area contributed by atoms with E-state index in [1.165, 1.54) is 77.0 Å². The molecule has 0 spiro atoms. The first kappa shape index (κ1) is 79.7. The van der Waals surface area contributed by atoms with Gasteiger partial charge >= 0.3 is 17.9 Å². The third kappa shape index (κ3) is 66.0. The van der Waals surface area contributed by atoms with Crippen LogP contribution in [0.2, 0.25) is 0 Å². The van der Waals surface area contributed by atoms with Gasteiger partial charge in [-0.15, -0.1) is 0 Å². The summed E-state index contributed by atoms with van der Waals surface area (Å²) in [6.45, 7) is 4.58. The van der Waals surface area contributed by atoms with Crippen molar-refractivity contribution in [2.45, 2.75) is 245 Å². The van der Waals surface area contributed by atoms with Crippen LogP contribution in [-0.4, -0.2) is 87.4 Å². The van der Waals surface area contributed by atoms with E-state index >= 15 is 0 Å². The normalized spacial score (nSPS) is 13.8. The summed E-state index contributed by atoms with van der Waals surface area (Å²) in [6, 6.07) is 0. The van der Waals surface area contributed by atoms with Gasteiger partial charge in [0.2, 0.25) is 0 Å². The Morgan fingerprint density at radius 1 is 0.353 bits per heavy atom. The van der Waals surface area contributed by atoms with E-state index in [1.807, 2.05) is 21.1 Å². The van der Waals surface area contributed by atoms with Gasteiger partial charge in [-0.3, -0.25) is 9.59 Å². The number of esters is 2. The summed E-state index contributed by atoms with van der Waals surface area (Å²) in [6.07, 6.45) is 94.5. The molecule has 0 aliphatic heterocycles. The number of ether oxygens (including phenoxy) is 4. The molecule has 0 aliphatic carbocycles. The quantitative estimate of drug-likeness (QED) is 0.0211. The summed E-state index contributed by atoms with van der Waals surface area (Å²) < 4.78 is 22.9. The molecule has 0 radical (unpaired) electrons. The van der Waals surface area contributed by atoms with Gasteiger partial charge in [0.1, 0.15) is 13.2 Å². The Morgan fingerprint density at radius 2 is 0.635 bits per heavy atom. The minimum atomic E-state index is -1.53. The highest BCUT2D eigenvalue weighted by atomic mass is 16.7. The van der Waals surface area contributed by atoms with Gasteiger partial charge in [-0.05, 0) is 128 Å². The molecule has 0 aromatic rings. The lowest BCUT2D eigenvalue weighted by Crippen LogP contribution is -2.40. The molecule has 0 bridgehead atoms. The topological polar surface area (TPSA) is 108 Å². The molecule has 0 aromatic carbocycles. The predicted molar refractivity (Wildman–Crippen MR) is 363 cm³/mol. The van der Waals surface area contributed by atoms with Crippen molar-refractivity contribution in [3.05, 3.63) is 170 Å². The fourth-order valence-electron chi connectivity index (χ4n) is 8.44. The molecule has 0 amide bonds. The number of allylic oxidation sites excluding steroid dienone is 28. The second-order valence-electron chi connectivity index (χ2n) is 22.7. The van der Waals surface area contributed by atoms with Crippen molar-refractivity contribution in [2.75, 3.05) is 47.5 Å². The smallest absolute Gasteiger partial charge is 0.361 e. The molecule has 9 nitrogen and oxygen atoms in total. The number of likely N-dealkylation sites (N-methyl/N-ethyl adjacent to an activating group) is 1. The highest BCUT2D eigenvalue weighted by Gasteiger charge is 2.25. The molecule has 0 rings (SSSR count). The van der Waals surface area contributed by atoms with E-state index in [1.54, 1.807) is 0 Å². The molecule has 85 heavy (non-hydrogen) atoms. The zero-order valence-electron chi connectivity index (χ0n) is 54.4. The molecule has 478 valence electrons. The summed E-state index contributed by atoms with van der Waals surface area (Å²) in [5.41, 5.74) is 0. The number of nitrogens with zero attached hydrogens (tertiary/aromatic N) is 1. The molecule has 0 aromatic heterocycles. The zero-order valence-corrected chi connectivity index (χ0v) is 54.4. The van der Waals surface area contributed by atoms with Gasteiger partial charge < -0.3 is 28.5 Å². The zero-order chi connectivity index (χ0) is 61.9. The van der Waals surface area contributed by atoms with Gasteiger partial charge in [0.15, 0.2) is 6.10 Å². The van der Waals surface area contributed by atoms with Crippen molar-refractivity contribution in [1.29, 1.82) is 0 Å². The van der Waals surface area contributed by atoms with Crippen LogP contribution >= 0.6 is 0 Å². The second-order valence-corrected chi connectivity index (χ2v) is 22.7. The lowest BCUT2D eigenvalue weighted by atomic mass is 10.0. The number of carbonyl (C=O) groups is 3. The molecular formula is C76H122NO8+. The highest BCUT2D eigenvalue weighted by molar-refractivity contribution is 5.71. The Hall–Kier alpha value is -5.35. The van der Waals surface area contributed by atoms with E-state index in [4.69, 9.17) is 18.9 Å². The van der Waals surface area contributed by atoms with Crippen molar-refractivity contribution < 1.29 is 42.9 Å². The first-order valence-electron chi connectivity index (χ1n) is 33.3. The average molecular weight is 1180 g/mol. The number of unbranched alkanes of at least 4 members (excludes halogenated alkanes) is 16. The van der Waals surface area contributed by atoms with Crippen molar-refractivity contribution in [3.63, 3.8) is 0 Å². The lowest BCUT2D eigenvalue weighted by Gasteiger charge is -2.25. The highest BCUT2D eigenvalue weighted by Crippen LogP contribution is 2.15. The van der Waals surface area contributed by atoms with Gasteiger partial charge in [0.25, 0.3) is 6.29 Å². The molecule has 0 aliphatic rings. The number of aliphatic carboxylic acids is 1. The van der Waals surface area contributed by atoms with Crippen LogP contribution in [0.15, 0.2) is 170 Å². The maximum absolute atomic E-state index is 12.9. The summed E-state index contributed by atoms with van der Waals surface area (Å²) in [5.74, 6) is -2.08. The number of carbonyl (C=O) groups excluding carboxylic acids is 2. The predicted octanol–water partition coefficient (Wildman–Crippen LogP) is 20.7. The maximum Gasteiger partial charge on any atom is 0.361 e. The van der Waals surface area contributed by atoms with Crippen LogP contribution < -0.4 is 0 Å². The minimum absolute atomic E-state index is 0.170. The van der Waals surface area contributed by atoms with Crippen LogP contribution in [0.5, 0.6) is 0 Å². The van der Waals surface area contributed by atoms with Gasteiger partial charge in [0.05, 0.1) is 34.4 Å². The van der Waals surface area contributed by atoms with E-state index in [2.05, 4.69) is 184 Å². The molecule has 0 saturated carbocycles. The number of hydrogen-bond donors (Lipinski definition) is 1. The Labute approximate surface area is 520 Å². The molecule has 2 atom stereocenters. The Bertz CT molecular complexity index is 2000. The number of hydrogen-bond acceptors (Lipinski definition) is 7. The van der Waals surface area contributed by atoms with Crippen LogP contribution in [-0.2, 0) is 33.3 Å². The Balaban J connectivity index is 4.26. The van der Waals surface area contributed by atoms with Gasteiger partial charge in [-0.2, -0.15) is 0 Å². The number of rotatable bonds is 59. The van der Waals surface area contributed by atoms with Gasteiger partial charge in [0, 0.05) is 12.8 Å². The third-order valence-electron chi connectivity index (χ3n) is 13.5.